The summed E-state index contributed by atoms with van der Waals surface area (Å²) in [5, 5.41) is 4.06. The number of piperazine rings is 1. The molecule has 6 heteroatoms. The number of unbranched alkanes of at least 4 members (excludes halogenated alkanes) is 1. The summed E-state index contributed by atoms with van der Waals surface area (Å²) in [6.07, 6.45) is 6.13. The van der Waals surface area contributed by atoms with Gasteiger partial charge in [-0.3, -0.25) is 9.80 Å². The second kappa shape index (κ2) is 8.04. The first-order valence-electron chi connectivity index (χ1n) is 8.71. The van der Waals surface area contributed by atoms with E-state index in [0.717, 1.165) is 76.9 Å². The molecule has 6 nitrogen and oxygen atoms in total. The number of rotatable bonds is 7. The highest BCUT2D eigenvalue weighted by atomic mass is 16.5. The molecule has 0 unspecified atom stereocenters. The first-order chi connectivity index (χ1) is 10.8. The summed E-state index contributed by atoms with van der Waals surface area (Å²) in [6.45, 7) is 9.36. The van der Waals surface area contributed by atoms with Crippen LogP contribution in [0.15, 0.2) is 4.52 Å². The number of aryl methyl sites for hydroxylation is 1. The van der Waals surface area contributed by atoms with E-state index < -0.39 is 0 Å². The van der Waals surface area contributed by atoms with Crippen LogP contribution in [0.3, 0.4) is 0 Å². The Balaban J connectivity index is 1.38. The van der Waals surface area contributed by atoms with Crippen LogP contribution in [0, 0.1) is 0 Å². The number of hydrogen-bond acceptors (Lipinski definition) is 6. The van der Waals surface area contributed by atoms with Crippen molar-refractivity contribution in [2.75, 3.05) is 39.3 Å². The van der Waals surface area contributed by atoms with Gasteiger partial charge >= 0.3 is 0 Å². The van der Waals surface area contributed by atoms with Gasteiger partial charge in [0.05, 0.1) is 12.6 Å². The summed E-state index contributed by atoms with van der Waals surface area (Å²) in [5.41, 5.74) is 0. The Morgan fingerprint density at radius 3 is 2.73 bits per heavy atom. The average Bonchev–Trinajstić information content (AvgIpc) is 3.19. The van der Waals surface area contributed by atoms with Crippen molar-refractivity contribution in [2.45, 2.75) is 51.7 Å². The Bertz CT molecular complexity index is 437. The van der Waals surface area contributed by atoms with E-state index in [1.54, 1.807) is 0 Å². The fourth-order valence-corrected chi connectivity index (χ4v) is 3.19. The van der Waals surface area contributed by atoms with Gasteiger partial charge in [-0.1, -0.05) is 18.5 Å². The molecule has 2 fully saturated rings. The van der Waals surface area contributed by atoms with E-state index in [4.69, 9.17) is 9.26 Å². The number of aromatic nitrogens is 2. The first kappa shape index (κ1) is 15.9. The zero-order chi connectivity index (χ0) is 15.2. The van der Waals surface area contributed by atoms with Crippen LogP contribution in [-0.2, 0) is 17.7 Å². The largest absolute Gasteiger partial charge is 0.377 e. The van der Waals surface area contributed by atoms with Crippen molar-refractivity contribution in [1.29, 1.82) is 0 Å². The zero-order valence-electron chi connectivity index (χ0n) is 13.7. The molecule has 1 atom stereocenters. The van der Waals surface area contributed by atoms with Crippen LogP contribution < -0.4 is 0 Å². The molecule has 1 aromatic rings. The lowest BCUT2D eigenvalue weighted by Gasteiger charge is -2.34. The van der Waals surface area contributed by atoms with Gasteiger partial charge in [0.2, 0.25) is 5.89 Å². The smallest absolute Gasteiger partial charge is 0.240 e. The summed E-state index contributed by atoms with van der Waals surface area (Å²) in [4.78, 5) is 9.42. The van der Waals surface area contributed by atoms with E-state index in [0.29, 0.717) is 6.10 Å². The maximum absolute atomic E-state index is 5.72. The van der Waals surface area contributed by atoms with Crippen molar-refractivity contribution in [2.24, 2.45) is 0 Å². The van der Waals surface area contributed by atoms with Crippen LogP contribution >= 0.6 is 0 Å². The second-order valence-electron chi connectivity index (χ2n) is 6.42. The average molecular weight is 308 g/mol. The van der Waals surface area contributed by atoms with Crippen LogP contribution in [0.2, 0.25) is 0 Å². The summed E-state index contributed by atoms with van der Waals surface area (Å²) in [6, 6.07) is 0. The van der Waals surface area contributed by atoms with Gasteiger partial charge in [0.25, 0.3) is 0 Å². The van der Waals surface area contributed by atoms with Crippen LogP contribution in [-0.4, -0.2) is 65.4 Å². The first-order valence-corrected chi connectivity index (χ1v) is 8.71. The van der Waals surface area contributed by atoms with Gasteiger partial charge in [-0.15, -0.1) is 0 Å². The molecule has 0 radical (unpaired) electrons. The minimum absolute atomic E-state index is 0.462. The molecule has 3 rings (SSSR count). The molecule has 0 spiro atoms. The number of hydrogen-bond donors (Lipinski definition) is 0. The fourth-order valence-electron chi connectivity index (χ4n) is 3.19. The van der Waals surface area contributed by atoms with E-state index >= 15 is 0 Å². The van der Waals surface area contributed by atoms with Gasteiger partial charge in [0.1, 0.15) is 0 Å². The van der Waals surface area contributed by atoms with Gasteiger partial charge < -0.3 is 9.26 Å². The van der Waals surface area contributed by atoms with Gasteiger partial charge in [0.15, 0.2) is 5.82 Å². The molecular weight excluding hydrogens is 280 g/mol. The normalized spacial score (nSPS) is 24.1. The zero-order valence-corrected chi connectivity index (χ0v) is 13.7. The molecule has 124 valence electrons. The molecule has 2 saturated heterocycles. The van der Waals surface area contributed by atoms with E-state index in [1.165, 1.54) is 12.8 Å². The lowest BCUT2D eigenvalue weighted by molar-refractivity contribution is 0.0468. The highest BCUT2D eigenvalue weighted by molar-refractivity contribution is 4.87. The SMILES string of the molecule is CCCCc1noc(CN2CCN(C[C@H]3CCCO3)CC2)n1. The van der Waals surface area contributed by atoms with E-state index in [1.807, 2.05) is 0 Å². The van der Waals surface area contributed by atoms with Crippen molar-refractivity contribution in [3.8, 4) is 0 Å². The van der Waals surface area contributed by atoms with Gasteiger partial charge in [-0.2, -0.15) is 4.98 Å². The second-order valence-corrected chi connectivity index (χ2v) is 6.42. The predicted molar refractivity (Wildman–Crippen MR) is 83.6 cm³/mol. The van der Waals surface area contributed by atoms with Crippen LogP contribution in [0.25, 0.3) is 0 Å². The Kier molecular flexibility index (Phi) is 5.81. The molecule has 0 amide bonds. The molecule has 22 heavy (non-hydrogen) atoms. The maximum atomic E-state index is 5.72. The molecule has 0 aliphatic carbocycles. The molecule has 2 aliphatic rings. The quantitative estimate of drug-likeness (QED) is 0.764. The van der Waals surface area contributed by atoms with Gasteiger partial charge in [-0.25, -0.2) is 0 Å². The monoisotopic (exact) mass is 308 g/mol. The highest BCUT2D eigenvalue weighted by Gasteiger charge is 2.23. The highest BCUT2D eigenvalue weighted by Crippen LogP contribution is 2.15. The number of nitrogens with zero attached hydrogens (tertiary/aromatic N) is 4. The molecule has 0 N–H and O–H groups in total. The molecule has 3 heterocycles. The topological polar surface area (TPSA) is 54.6 Å². The Morgan fingerprint density at radius 2 is 2.00 bits per heavy atom. The summed E-state index contributed by atoms with van der Waals surface area (Å²) in [5.74, 6) is 1.62. The lowest BCUT2D eigenvalue weighted by atomic mass is 10.2. The minimum Gasteiger partial charge on any atom is -0.377 e. The van der Waals surface area contributed by atoms with E-state index in [-0.39, 0.29) is 0 Å². The van der Waals surface area contributed by atoms with Crippen LogP contribution in [0.1, 0.15) is 44.3 Å². The molecule has 0 aromatic carbocycles. The fraction of sp³-hybridized carbons (Fsp3) is 0.875. The molecule has 2 aliphatic heterocycles. The minimum atomic E-state index is 0.462. The Hall–Kier alpha value is -0.980. The predicted octanol–water partition coefficient (Wildman–Crippen LogP) is 1.71. The van der Waals surface area contributed by atoms with Crippen molar-refractivity contribution in [3.05, 3.63) is 11.7 Å². The Morgan fingerprint density at radius 1 is 1.18 bits per heavy atom. The van der Waals surface area contributed by atoms with Gasteiger partial charge in [-0.05, 0) is 19.3 Å². The Labute approximate surface area is 132 Å². The van der Waals surface area contributed by atoms with Crippen molar-refractivity contribution in [3.63, 3.8) is 0 Å². The third-order valence-corrected chi connectivity index (χ3v) is 4.57. The summed E-state index contributed by atoms with van der Waals surface area (Å²) in [7, 11) is 0. The maximum Gasteiger partial charge on any atom is 0.240 e. The number of ether oxygens (including phenoxy) is 1. The summed E-state index contributed by atoms with van der Waals surface area (Å²) < 4.78 is 11.1. The molecule has 1 aromatic heterocycles. The molecule has 0 bridgehead atoms. The van der Waals surface area contributed by atoms with E-state index in [2.05, 4.69) is 26.9 Å². The van der Waals surface area contributed by atoms with Gasteiger partial charge in [0, 0.05) is 45.8 Å². The standard InChI is InChI=1S/C16H28N4O2/c1-2-3-6-15-17-16(22-18-15)13-20-9-7-19(8-10-20)12-14-5-4-11-21-14/h14H,2-13H2,1H3/t14-/m1/s1. The molecule has 0 saturated carbocycles. The van der Waals surface area contributed by atoms with Crippen molar-refractivity contribution >= 4 is 0 Å². The molecular formula is C16H28N4O2. The third-order valence-electron chi connectivity index (χ3n) is 4.57. The van der Waals surface area contributed by atoms with Crippen molar-refractivity contribution < 1.29 is 9.26 Å². The summed E-state index contributed by atoms with van der Waals surface area (Å²) >= 11 is 0. The van der Waals surface area contributed by atoms with Crippen molar-refractivity contribution in [1.82, 2.24) is 19.9 Å². The lowest BCUT2D eigenvalue weighted by Crippen LogP contribution is -2.48. The van der Waals surface area contributed by atoms with Crippen LogP contribution in [0.5, 0.6) is 0 Å². The van der Waals surface area contributed by atoms with E-state index in [9.17, 15) is 0 Å². The van der Waals surface area contributed by atoms with Crippen LogP contribution in [0.4, 0.5) is 0 Å². The third kappa shape index (κ3) is 4.51.